The van der Waals surface area contributed by atoms with Crippen LogP contribution in [0.3, 0.4) is 0 Å². The van der Waals surface area contributed by atoms with E-state index in [0.29, 0.717) is 31.6 Å². The van der Waals surface area contributed by atoms with E-state index in [1.165, 1.54) is 0 Å². The molecule has 0 bridgehead atoms. The average Bonchev–Trinajstić information content (AvgIpc) is 3.22. The highest BCUT2D eigenvalue weighted by Crippen LogP contribution is 2.20. The Labute approximate surface area is 189 Å². The first-order chi connectivity index (χ1) is 15.5. The van der Waals surface area contributed by atoms with E-state index in [0.717, 1.165) is 29.3 Å². The molecule has 2 amide bonds. The van der Waals surface area contributed by atoms with Crippen LogP contribution in [-0.2, 0) is 21.0 Å². The zero-order valence-corrected chi connectivity index (χ0v) is 18.9. The van der Waals surface area contributed by atoms with Crippen molar-refractivity contribution in [1.29, 1.82) is 0 Å². The predicted molar refractivity (Wildman–Crippen MR) is 127 cm³/mol. The van der Waals surface area contributed by atoms with Crippen molar-refractivity contribution < 1.29 is 14.4 Å². The zero-order chi connectivity index (χ0) is 22.9. The minimum absolute atomic E-state index is 0.0360. The van der Waals surface area contributed by atoms with Crippen molar-refractivity contribution >= 4 is 28.3 Å². The summed E-state index contributed by atoms with van der Waals surface area (Å²) in [5, 5.41) is 9.38. The summed E-state index contributed by atoms with van der Waals surface area (Å²) >= 11 is 0. The smallest absolute Gasteiger partial charge is 0.243 e. The first kappa shape index (κ1) is 23.5. The van der Waals surface area contributed by atoms with Crippen LogP contribution in [0.15, 0.2) is 60.3 Å². The second-order valence-electron chi connectivity index (χ2n) is 8.25. The first-order valence-electron chi connectivity index (χ1n) is 11.0. The van der Waals surface area contributed by atoms with Crippen molar-refractivity contribution in [3.8, 4) is 0 Å². The third kappa shape index (κ3) is 6.17. The molecule has 0 aromatic heterocycles. The minimum atomic E-state index is -0.581. The second kappa shape index (κ2) is 11.4. The summed E-state index contributed by atoms with van der Waals surface area (Å²) in [6, 6.07) is 13.6. The average molecular weight is 437 g/mol. The monoisotopic (exact) mass is 436 g/mol. The lowest BCUT2D eigenvalue weighted by atomic mass is 10.0. The molecule has 1 aliphatic heterocycles. The van der Waals surface area contributed by atoms with Gasteiger partial charge in [-0.05, 0) is 43.4 Å². The normalized spacial score (nSPS) is 17.2. The molecule has 1 N–H and O–H groups in total. The van der Waals surface area contributed by atoms with E-state index in [-0.39, 0.29) is 18.4 Å². The van der Waals surface area contributed by atoms with Crippen molar-refractivity contribution in [2.24, 2.45) is 5.16 Å². The molecule has 1 atom stereocenters. The predicted octanol–water partition coefficient (Wildman–Crippen LogP) is 2.96. The van der Waals surface area contributed by atoms with Gasteiger partial charge in [-0.25, -0.2) is 0 Å². The number of nitrogens with zero attached hydrogens (tertiary/aromatic N) is 3. The van der Waals surface area contributed by atoms with E-state index >= 15 is 0 Å². The largest absolute Gasteiger partial charge is 0.392 e. The molecular formula is C25H32N4O3. The van der Waals surface area contributed by atoms with E-state index < -0.39 is 6.04 Å². The second-order valence-corrected chi connectivity index (χ2v) is 8.25. The van der Waals surface area contributed by atoms with Gasteiger partial charge in [-0.1, -0.05) is 60.3 Å². The Morgan fingerprint density at radius 3 is 2.81 bits per heavy atom. The van der Waals surface area contributed by atoms with Crippen molar-refractivity contribution in [2.45, 2.75) is 31.8 Å². The van der Waals surface area contributed by atoms with Gasteiger partial charge in [-0.3, -0.25) is 9.59 Å². The fourth-order valence-corrected chi connectivity index (χ4v) is 3.89. The molecule has 0 aliphatic carbocycles. The molecule has 3 rings (SSSR count). The standard InChI is InChI=1S/C25H32N4O3/c1-4-15-32-27-21-16-23(29(18-21)24(30)13-8-14-28(2)3)25(31)26-17-20-11-7-10-19-9-5-6-12-22(19)20/h4-7,9-12,23H,1,8,13-18H2,2-3H3,(H,26,31)/t23-/m0/s1. The van der Waals surface area contributed by atoms with Crippen molar-refractivity contribution in [3.05, 3.63) is 60.7 Å². The van der Waals surface area contributed by atoms with Gasteiger partial charge < -0.3 is 20.0 Å². The van der Waals surface area contributed by atoms with Crippen LogP contribution in [-0.4, -0.2) is 67.2 Å². The number of carbonyl (C=O) groups excluding carboxylic acids is 2. The molecule has 7 heteroatoms. The molecule has 1 heterocycles. The van der Waals surface area contributed by atoms with E-state index in [1.54, 1.807) is 11.0 Å². The molecule has 2 aromatic rings. The number of fused-ring (bicyclic) bond motifs is 1. The number of hydrogen-bond acceptors (Lipinski definition) is 5. The topological polar surface area (TPSA) is 74.2 Å². The van der Waals surface area contributed by atoms with Crippen LogP contribution in [0, 0.1) is 0 Å². The van der Waals surface area contributed by atoms with E-state index in [9.17, 15) is 9.59 Å². The lowest BCUT2D eigenvalue weighted by Gasteiger charge is -2.24. The van der Waals surface area contributed by atoms with Gasteiger partial charge in [0.25, 0.3) is 0 Å². The molecule has 1 saturated heterocycles. The SMILES string of the molecule is C=CCON=C1C[C@@H](C(=O)NCc2cccc3ccccc23)N(C(=O)CCCN(C)C)C1. The third-order valence-electron chi connectivity index (χ3n) is 5.50. The number of benzene rings is 2. The summed E-state index contributed by atoms with van der Waals surface area (Å²) in [7, 11) is 3.96. The maximum absolute atomic E-state index is 13.1. The van der Waals surface area contributed by atoms with Crippen LogP contribution in [0.4, 0.5) is 0 Å². The van der Waals surface area contributed by atoms with Crippen LogP contribution in [0.2, 0.25) is 0 Å². The van der Waals surface area contributed by atoms with Gasteiger partial charge in [0.1, 0.15) is 12.6 Å². The maximum Gasteiger partial charge on any atom is 0.243 e. The molecule has 2 aromatic carbocycles. The van der Waals surface area contributed by atoms with E-state index in [2.05, 4.69) is 35.3 Å². The highest BCUT2D eigenvalue weighted by Gasteiger charge is 2.37. The lowest BCUT2D eigenvalue weighted by molar-refractivity contribution is -0.138. The molecule has 0 saturated carbocycles. The van der Waals surface area contributed by atoms with Crippen molar-refractivity contribution in [1.82, 2.24) is 15.1 Å². The number of oxime groups is 1. The molecule has 0 spiro atoms. The Bertz CT molecular complexity index is 981. The Hall–Kier alpha value is -3.19. The van der Waals surface area contributed by atoms with Gasteiger partial charge in [-0.15, -0.1) is 0 Å². The van der Waals surface area contributed by atoms with Gasteiger partial charge in [-0.2, -0.15) is 0 Å². The summed E-state index contributed by atoms with van der Waals surface area (Å²) in [4.78, 5) is 34.9. The Morgan fingerprint density at radius 1 is 1.25 bits per heavy atom. The number of rotatable bonds is 10. The molecule has 7 nitrogen and oxygen atoms in total. The number of amides is 2. The molecule has 1 aliphatic rings. The molecule has 0 radical (unpaired) electrons. The van der Waals surface area contributed by atoms with Crippen molar-refractivity contribution in [2.75, 3.05) is 33.8 Å². The van der Waals surface area contributed by atoms with Crippen LogP contribution in [0.5, 0.6) is 0 Å². The number of nitrogens with one attached hydrogen (secondary N) is 1. The number of hydrogen-bond donors (Lipinski definition) is 1. The quantitative estimate of drug-likeness (QED) is 0.353. The van der Waals surface area contributed by atoms with E-state index in [4.69, 9.17) is 4.84 Å². The summed E-state index contributed by atoms with van der Waals surface area (Å²) in [5.74, 6) is -0.209. The number of carbonyl (C=O) groups is 2. The van der Waals surface area contributed by atoms with Crippen LogP contribution >= 0.6 is 0 Å². The molecule has 32 heavy (non-hydrogen) atoms. The van der Waals surface area contributed by atoms with Gasteiger partial charge in [0.15, 0.2) is 0 Å². The van der Waals surface area contributed by atoms with Crippen molar-refractivity contribution in [3.63, 3.8) is 0 Å². The highest BCUT2D eigenvalue weighted by molar-refractivity contribution is 6.01. The van der Waals surface area contributed by atoms with Gasteiger partial charge >= 0.3 is 0 Å². The Kier molecular flexibility index (Phi) is 8.39. The summed E-state index contributed by atoms with van der Waals surface area (Å²) in [6.07, 6.45) is 3.12. The zero-order valence-electron chi connectivity index (χ0n) is 18.9. The Morgan fingerprint density at radius 2 is 2.03 bits per heavy atom. The minimum Gasteiger partial charge on any atom is -0.392 e. The molecule has 1 fully saturated rings. The van der Waals surface area contributed by atoms with Crippen LogP contribution < -0.4 is 5.32 Å². The van der Waals surface area contributed by atoms with Gasteiger partial charge in [0.05, 0.1) is 12.3 Å². The lowest BCUT2D eigenvalue weighted by Crippen LogP contribution is -2.45. The van der Waals surface area contributed by atoms with Gasteiger partial charge in [0.2, 0.25) is 11.8 Å². The highest BCUT2D eigenvalue weighted by atomic mass is 16.6. The molecule has 0 unspecified atom stereocenters. The summed E-state index contributed by atoms with van der Waals surface area (Å²) in [6.45, 7) is 5.43. The Balaban J connectivity index is 1.69. The summed E-state index contributed by atoms with van der Waals surface area (Å²) in [5.41, 5.74) is 1.74. The fourth-order valence-electron chi connectivity index (χ4n) is 3.89. The fraction of sp³-hybridized carbons (Fsp3) is 0.400. The van der Waals surface area contributed by atoms with Crippen LogP contribution in [0.25, 0.3) is 10.8 Å². The molecular weight excluding hydrogens is 404 g/mol. The molecule has 170 valence electrons. The first-order valence-corrected chi connectivity index (χ1v) is 11.0. The van der Waals surface area contributed by atoms with Gasteiger partial charge in [0, 0.05) is 19.4 Å². The third-order valence-corrected chi connectivity index (χ3v) is 5.50. The van der Waals surface area contributed by atoms with E-state index in [1.807, 2.05) is 43.3 Å². The summed E-state index contributed by atoms with van der Waals surface area (Å²) < 4.78 is 0. The maximum atomic E-state index is 13.1. The van der Waals surface area contributed by atoms with Crippen LogP contribution in [0.1, 0.15) is 24.8 Å². The number of likely N-dealkylation sites (tertiary alicyclic amines) is 1.